The molecule has 0 saturated carbocycles. The maximum atomic E-state index is 12.2. The molecule has 2 unspecified atom stereocenters. The summed E-state index contributed by atoms with van der Waals surface area (Å²) in [6, 6.07) is 1.52. The largest absolute Gasteiger partial charge is 0.348 e. The van der Waals surface area contributed by atoms with Gasteiger partial charge in [0, 0.05) is 29.4 Å². The molecule has 104 valence electrons. The van der Waals surface area contributed by atoms with E-state index >= 15 is 0 Å². The number of hydrogen-bond acceptors (Lipinski definition) is 4. The minimum Gasteiger partial charge on any atom is -0.348 e. The zero-order valence-corrected chi connectivity index (χ0v) is 12.3. The number of hydrogen-bond donors (Lipinski definition) is 2. The highest BCUT2D eigenvalue weighted by molar-refractivity contribution is 7.09. The Bertz CT molecular complexity index is 459. The van der Waals surface area contributed by atoms with Crippen molar-refractivity contribution in [3.8, 4) is 0 Å². The second kappa shape index (κ2) is 5.21. The minimum atomic E-state index is -0.00514. The van der Waals surface area contributed by atoms with Crippen LogP contribution in [-0.4, -0.2) is 29.0 Å². The summed E-state index contributed by atoms with van der Waals surface area (Å²) < 4.78 is 0. The van der Waals surface area contributed by atoms with Crippen molar-refractivity contribution in [2.45, 2.75) is 63.6 Å². The molecular formula is C14H21N3OS. The van der Waals surface area contributed by atoms with Crippen LogP contribution < -0.4 is 10.6 Å². The topological polar surface area (TPSA) is 54.0 Å². The summed E-state index contributed by atoms with van der Waals surface area (Å²) >= 11 is 1.58. The van der Waals surface area contributed by atoms with Crippen LogP contribution in [0.15, 0.2) is 5.38 Å². The number of carbonyl (C=O) groups is 1. The molecule has 1 aromatic rings. The van der Waals surface area contributed by atoms with Crippen LogP contribution in [0.4, 0.5) is 0 Å². The molecule has 4 nitrogen and oxygen atoms in total. The van der Waals surface area contributed by atoms with Gasteiger partial charge >= 0.3 is 0 Å². The average molecular weight is 279 g/mol. The Kier molecular flexibility index (Phi) is 3.58. The summed E-state index contributed by atoms with van der Waals surface area (Å²) in [4.78, 5) is 16.6. The van der Waals surface area contributed by atoms with E-state index in [1.807, 2.05) is 5.38 Å². The second-order valence-corrected chi connectivity index (χ2v) is 6.90. The molecule has 1 aromatic heterocycles. The van der Waals surface area contributed by atoms with Gasteiger partial charge in [-0.2, -0.15) is 0 Å². The fourth-order valence-electron chi connectivity index (χ4n) is 3.09. The number of aromatic nitrogens is 1. The predicted octanol–water partition coefficient (Wildman–Crippen LogP) is 2.28. The van der Waals surface area contributed by atoms with Crippen LogP contribution in [0.3, 0.4) is 0 Å². The average Bonchev–Trinajstić information content (AvgIpc) is 2.96. The number of nitrogens with zero attached hydrogens (tertiary/aromatic N) is 1. The summed E-state index contributed by atoms with van der Waals surface area (Å²) in [5.41, 5.74) is 0.583. The number of fused-ring (bicyclic) bond motifs is 2. The van der Waals surface area contributed by atoms with Gasteiger partial charge in [0.2, 0.25) is 0 Å². The first-order chi connectivity index (χ1) is 9.11. The van der Waals surface area contributed by atoms with E-state index in [-0.39, 0.29) is 5.91 Å². The Balaban J connectivity index is 1.61. The van der Waals surface area contributed by atoms with Crippen LogP contribution in [0.25, 0.3) is 0 Å². The smallest absolute Gasteiger partial charge is 0.270 e. The number of nitrogens with one attached hydrogen (secondary N) is 2. The number of rotatable bonds is 3. The van der Waals surface area contributed by atoms with E-state index in [1.54, 1.807) is 11.3 Å². The van der Waals surface area contributed by atoms with Crippen molar-refractivity contribution in [1.82, 2.24) is 15.6 Å². The van der Waals surface area contributed by atoms with Crippen LogP contribution >= 0.6 is 11.3 Å². The molecule has 3 heterocycles. The molecule has 5 heteroatoms. The molecule has 3 rings (SSSR count). The lowest BCUT2D eigenvalue weighted by Crippen LogP contribution is -2.48. The molecule has 2 aliphatic heterocycles. The molecule has 2 N–H and O–H groups in total. The van der Waals surface area contributed by atoms with E-state index in [4.69, 9.17) is 0 Å². The molecule has 2 aliphatic rings. The lowest BCUT2D eigenvalue weighted by molar-refractivity contribution is 0.0919. The van der Waals surface area contributed by atoms with Crippen molar-refractivity contribution in [3.63, 3.8) is 0 Å². The Morgan fingerprint density at radius 2 is 2.11 bits per heavy atom. The minimum absolute atomic E-state index is 0.00514. The molecule has 19 heavy (non-hydrogen) atoms. The molecule has 0 spiro atoms. The van der Waals surface area contributed by atoms with Crippen LogP contribution in [0.2, 0.25) is 0 Å². The fraction of sp³-hybridized carbons (Fsp3) is 0.714. The van der Waals surface area contributed by atoms with Crippen molar-refractivity contribution < 1.29 is 4.79 Å². The van der Waals surface area contributed by atoms with Gasteiger partial charge in [-0.05, 0) is 25.7 Å². The van der Waals surface area contributed by atoms with Gasteiger partial charge in [-0.3, -0.25) is 4.79 Å². The third kappa shape index (κ3) is 2.82. The number of amides is 1. The maximum Gasteiger partial charge on any atom is 0.270 e. The Morgan fingerprint density at radius 1 is 1.42 bits per heavy atom. The van der Waals surface area contributed by atoms with E-state index < -0.39 is 0 Å². The van der Waals surface area contributed by atoms with Crippen LogP contribution in [0.1, 0.15) is 60.9 Å². The quantitative estimate of drug-likeness (QED) is 0.892. The highest BCUT2D eigenvalue weighted by Gasteiger charge is 2.34. The van der Waals surface area contributed by atoms with Gasteiger partial charge in [-0.1, -0.05) is 13.8 Å². The van der Waals surface area contributed by atoms with Crippen LogP contribution in [-0.2, 0) is 0 Å². The molecule has 2 fully saturated rings. The Labute approximate surface area is 118 Å². The monoisotopic (exact) mass is 279 g/mol. The van der Waals surface area contributed by atoms with Crippen molar-refractivity contribution in [2.75, 3.05) is 0 Å². The van der Waals surface area contributed by atoms with Gasteiger partial charge in [0.1, 0.15) is 5.69 Å². The molecule has 2 bridgehead atoms. The fourth-order valence-corrected chi connectivity index (χ4v) is 3.91. The van der Waals surface area contributed by atoms with Gasteiger partial charge < -0.3 is 10.6 Å². The predicted molar refractivity (Wildman–Crippen MR) is 76.6 cm³/mol. The first kappa shape index (κ1) is 13.1. The number of thiazole rings is 1. The zero-order valence-electron chi connectivity index (χ0n) is 11.5. The van der Waals surface area contributed by atoms with Crippen molar-refractivity contribution in [1.29, 1.82) is 0 Å². The molecule has 2 saturated heterocycles. The summed E-state index contributed by atoms with van der Waals surface area (Å²) in [7, 11) is 0. The highest BCUT2D eigenvalue weighted by atomic mass is 32.1. The number of piperidine rings is 1. The molecule has 0 radical (unpaired) electrons. The summed E-state index contributed by atoms with van der Waals surface area (Å²) in [6.07, 6.45) is 4.63. The molecule has 1 amide bonds. The maximum absolute atomic E-state index is 12.2. The SMILES string of the molecule is CC(C)c1nc(C(=O)NC2CC3CCC(C2)N3)cs1. The lowest BCUT2D eigenvalue weighted by Gasteiger charge is -2.29. The highest BCUT2D eigenvalue weighted by Crippen LogP contribution is 2.27. The van der Waals surface area contributed by atoms with Crippen LogP contribution in [0, 0.1) is 0 Å². The van der Waals surface area contributed by atoms with E-state index in [0.29, 0.717) is 29.7 Å². The van der Waals surface area contributed by atoms with Crippen molar-refractivity contribution in [2.24, 2.45) is 0 Å². The number of carbonyl (C=O) groups excluding carboxylic acids is 1. The van der Waals surface area contributed by atoms with Gasteiger partial charge in [0.05, 0.1) is 5.01 Å². The molecule has 0 aromatic carbocycles. The normalized spacial score (nSPS) is 29.7. The van der Waals surface area contributed by atoms with Gasteiger partial charge in [0.25, 0.3) is 5.91 Å². The van der Waals surface area contributed by atoms with Crippen LogP contribution in [0.5, 0.6) is 0 Å². The van der Waals surface area contributed by atoms with Gasteiger partial charge in [0.15, 0.2) is 0 Å². The Morgan fingerprint density at radius 3 is 2.68 bits per heavy atom. The summed E-state index contributed by atoms with van der Waals surface area (Å²) in [5, 5.41) is 9.65. The van der Waals surface area contributed by atoms with Crippen molar-refractivity contribution >= 4 is 17.2 Å². The third-order valence-corrected chi connectivity index (χ3v) is 5.20. The Hall–Kier alpha value is -0.940. The second-order valence-electron chi connectivity index (χ2n) is 6.01. The van der Waals surface area contributed by atoms with E-state index in [1.165, 1.54) is 12.8 Å². The molecule has 0 aliphatic carbocycles. The summed E-state index contributed by atoms with van der Waals surface area (Å²) in [6.45, 7) is 4.20. The summed E-state index contributed by atoms with van der Waals surface area (Å²) in [5.74, 6) is 0.385. The zero-order chi connectivity index (χ0) is 13.4. The van der Waals surface area contributed by atoms with Crippen molar-refractivity contribution in [3.05, 3.63) is 16.1 Å². The third-order valence-electron chi connectivity index (χ3n) is 4.06. The molecule has 2 atom stereocenters. The first-order valence-electron chi connectivity index (χ1n) is 7.14. The molecular weight excluding hydrogens is 258 g/mol. The van der Waals surface area contributed by atoms with E-state index in [2.05, 4.69) is 29.5 Å². The van der Waals surface area contributed by atoms with Gasteiger partial charge in [-0.25, -0.2) is 4.98 Å². The van der Waals surface area contributed by atoms with E-state index in [0.717, 1.165) is 17.8 Å². The van der Waals surface area contributed by atoms with Gasteiger partial charge in [-0.15, -0.1) is 11.3 Å². The standard InChI is InChI=1S/C14H21N3OS/c1-8(2)14-17-12(7-19-14)13(18)16-11-5-9-3-4-10(6-11)15-9/h7-11,15H,3-6H2,1-2H3,(H,16,18). The first-order valence-corrected chi connectivity index (χ1v) is 8.02. The lowest BCUT2D eigenvalue weighted by atomic mass is 10.00. The van der Waals surface area contributed by atoms with E-state index in [9.17, 15) is 4.79 Å².